The number of aryl methyl sites for hydroxylation is 2. The van der Waals surface area contributed by atoms with Crippen LogP contribution in [0.1, 0.15) is 31.4 Å². The van der Waals surface area contributed by atoms with E-state index in [2.05, 4.69) is 6.92 Å². The van der Waals surface area contributed by atoms with Crippen LogP contribution in [0.5, 0.6) is 0 Å². The molecule has 0 amide bonds. The second kappa shape index (κ2) is 5.31. The minimum atomic E-state index is -0.544. The summed E-state index contributed by atoms with van der Waals surface area (Å²) in [7, 11) is 3.52. The number of nitrogens with zero attached hydrogens (tertiary/aromatic N) is 2. The van der Waals surface area contributed by atoms with Gasteiger partial charge in [0.25, 0.3) is 0 Å². The molecule has 5 heteroatoms. The topological polar surface area (TPSA) is 56.4 Å². The predicted molar refractivity (Wildman–Crippen MR) is 81.3 cm³/mol. The first-order valence-corrected chi connectivity index (χ1v) is 7.49. The molecule has 114 valence electrons. The maximum absolute atomic E-state index is 12.0. The maximum Gasteiger partial charge on any atom is 0.328 e. The molecular formula is C16H22N2O3. The Morgan fingerprint density at radius 2 is 2.05 bits per heavy atom. The summed E-state index contributed by atoms with van der Waals surface area (Å²) in [5.74, 6) is 0.133. The Balaban J connectivity index is 2.01. The standard InChI is InChI=1S/C16H22N2O3/c1-4-14-11(7-8-21-14)15(19)10-5-6-12-13(9-10)18(3)16(20)17(12)2/h5-6,9,11,14-15,19H,4,7-8H2,1-3H3. The fraction of sp³-hybridized carbons (Fsp3) is 0.562. The Morgan fingerprint density at radius 1 is 1.33 bits per heavy atom. The Labute approximate surface area is 123 Å². The maximum atomic E-state index is 12.0. The highest BCUT2D eigenvalue weighted by atomic mass is 16.5. The molecule has 1 N–H and O–H groups in total. The Hall–Kier alpha value is -1.59. The van der Waals surface area contributed by atoms with Gasteiger partial charge < -0.3 is 9.84 Å². The third kappa shape index (κ3) is 2.21. The van der Waals surface area contributed by atoms with Crippen molar-refractivity contribution in [2.45, 2.75) is 32.0 Å². The summed E-state index contributed by atoms with van der Waals surface area (Å²) in [4.78, 5) is 12.0. The number of hydrogen-bond donors (Lipinski definition) is 1. The molecule has 0 aliphatic carbocycles. The van der Waals surface area contributed by atoms with Gasteiger partial charge in [-0.25, -0.2) is 4.79 Å². The number of fused-ring (bicyclic) bond motifs is 1. The smallest absolute Gasteiger partial charge is 0.328 e. The van der Waals surface area contributed by atoms with Crippen LogP contribution in [0.2, 0.25) is 0 Å². The molecule has 0 radical (unpaired) electrons. The van der Waals surface area contributed by atoms with Crippen molar-refractivity contribution < 1.29 is 9.84 Å². The van der Waals surface area contributed by atoms with Crippen LogP contribution in [0.25, 0.3) is 11.0 Å². The minimum absolute atomic E-state index is 0.0488. The first-order chi connectivity index (χ1) is 10.0. The molecule has 3 atom stereocenters. The summed E-state index contributed by atoms with van der Waals surface area (Å²) in [6.45, 7) is 2.80. The second-order valence-corrected chi connectivity index (χ2v) is 5.86. The summed E-state index contributed by atoms with van der Waals surface area (Å²) >= 11 is 0. The summed E-state index contributed by atoms with van der Waals surface area (Å²) in [5.41, 5.74) is 2.55. The molecule has 1 aromatic carbocycles. The van der Waals surface area contributed by atoms with Gasteiger partial charge in [-0.05, 0) is 30.5 Å². The van der Waals surface area contributed by atoms with Crippen LogP contribution in [0, 0.1) is 5.92 Å². The molecule has 0 saturated carbocycles. The highest BCUT2D eigenvalue weighted by Crippen LogP contribution is 2.35. The fourth-order valence-electron chi connectivity index (χ4n) is 3.40. The zero-order valence-corrected chi connectivity index (χ0v) is 12.7. The molecule has 2 heterocycles. The quantitative estimate of drug-likeness (QED) is 0.936. The lowest BCUT2D eigenvalue weighted by Crippen LogP contribution is -2.22. The largest absolute Gasteiger partial charge is 0.388 e. The molecule has 2 aromatic rings. The van der Waals surface area contributed by atoms with Crippen LogP contribution in [-0.4, -0.2) is 27.0 Å². The van der Waals surface area contributed by atoms with Crippen molar-refractivity contribution in [3.8, 4) is 0 Å². The van der Waals surface area contributed by atoms with Crippen LogP contribution in [0.4, 0.5) is 0 Å². The summed E-state index contributed by atoms with van der Waals surface area (Å²) in [6.07, 6.45) is 1.37. The highest BCUT2D eigenvalue weighted by Gasteiger charge is 2.33. The van der Waals surface area contributed by atoms with Crippen molar-refractivity contribution >= 4 is 11.0 Å². The van der Waals surface area contributed by atoms with Crippen molar-refractivity contribution in [2.75, 3.05) is 6.61 Å². The van der Waals surface area contributed by atoms with E-state index < -0.39 is 6.10 Å². The second-order valence-electron chi connectivity index (χ2n) is 5.86. The van der Waals surface area contributed by atoms with E-state index in [1.807, 2.05) is 18.2 Å². The van der Waals surface area contributed by atoms with Crippen LogP contribution in [-0.2, 0) is 18.8 Å². The van der Waals surface area contributed by atoms with Crippen molar-refractivity contribution in [3.63, 3.8) is 0 Å². The molecule has 1 saturated heterocycles. The van der Waals surface area contributed by atoms with Crippen LogP contribution < -0.4 is 5.69 Å². The number of rotatable bonds is 3. The van der Waals surface area contributed by atoms with Crippen molar-refractivity contribution in [1.82, 2.24) is 9.13 Å². The molecule has 1 aromatic heterocycles. The van der Waals surface area contributed by atoms with Crippen molar-refractivity contribution in [1.29, 1.82) is 0 Å². The summed E-state index contributed by atoms with van der Waals surface area (Å²) in [5, 5.41) is 10.7. The Kier molecular flexibility index (Phi) is 3.63. The first-order valence-electron chi connectivity index (χ1n) is 7.49. The van der Waals surface area contributed by atoms with E-state index in [1.165, 1.54) is 0 Å². The Bertz CT molecular complexity index is 716. The van der Waals surface area contributed by atoms with Crippen LogP contribution in [0.3, 0.4) is 0 Å². The zero-order chi connectivity index (χ0) is 15.1. The van der Waals surface area contributed by atoms with Gasteiger partial charge in [-0.15, -0.1) is 0 Å². The van der Waals surface area contributed by atoms with E-state index in [-0.39, 0.29) is 17.7 Å². The van der Waals surface area contributed by atoms with E-state index in [1.54, 1.807) is 23.2 Å². The van der Waals surface area contributed by atoms with Gasteiger partial charge in [0.15, 0.2) is 0 Å². The number of benzene rings is 1. The third-order valence-corrected chi connectivity index (χ3v) is 4.71. The van der Waals surface area contributed by atoms with Gasteiger partial charge in [-0.1, -0.05) is 13.0 Å². The normalized spacial score (nSPS) is 23.8. The number of aliphatic hydroxyl groups excluding tert-OH is 1. The van der Waals surface area contributed by atoms with E-state index in [0.717, 1.165) is 29.4 Å². The van der Waals surface area contributed by atoms with Crippen LogP contribution in [0.15, 0.2) is 23.0 Å². The molecule has 1 fully saturated rings. The molecule has 5 nitrogen and oxygen atoms in total. The number of hydrogen-bond acceptors (Lipinski definition) is 3. The zero-order valence-electron chi connectivity index (χ0n) is 12.7. The highest BCUT2D eigenvalue weighted by molar-refractivity contribution is 5.77. The lowest BCUT2D eigenvalue weighted by Gasteiger charge is -2.23. The molecule has 3 unspecified atom stereocenters. The lowest BCUT2D eigenvalue weighted by molar-refractivity contribution is 0.0308. The van der Waals surface area contributed by atoms with Gasteiger partial charge in [0.2, 0.25) is 0 Å². The van der Waals surface area contributed by atoms with Gasteiger partial charge in [-0.3, -0.25) is 9.13 Å². The van der Waals surface area contributed by atoms with Gasteiger partial charge in [-0.2, -0.15) is 0 Å². The average molecular weight is 290 g/mol. The number of aromatic nitrogens is 2. The van der Waals surface area contributed by atoms with Crippen molar-refractivity contribution in [2.24, 2.45) is 20.0 Å². The lowest BCUT2D eigenvalue weighted by atomic mass is 9.89. The van der Waals surface area contributed by atoms with Gasteiger partial charge in [0, 0.05) is 26.6 Å². The summed E-state index contributed by atoms with van der Waals surface area (Å²) in [6, 6.07) is 5.75. The van der Waals surface area contributed by atoms with E-state index in [9.17, 15) is 9.90 Å². The minimum Gasteiger partial charge on any atom is -0.388 e. The van der Waals surface area contributed by atoms with Gasteiger partial charge in [0.05, 0.1) is 23.2 Å². The van der Waals surface area contributed by atoms with E-state index >= 15 is 0 Å². The van der Waals surface area contributed by atoms with Crippen molar-refractivity contribution in [3.05, 3.63) is 34.2 Å². The first kappa shape index (κ1) is 14.4. The molecule has 0 bridgehead atoms. The van der Waals surface area contributed by atoms with Gasteiger partial charge >= 0.3 is 5.69 Å². The van der Waals surface area contributed by atoms with Crippen LogP contribution >= 0.6 is 0 Å². The fourth-order valence-corrected chi connectivity index (χ4v) is 3.40. The van der Waals surface area contributed by atoms with E-state index in [0.29, 0.717) is 6.61 Å². The molecule has 0 spiro atoms. The van der Waals surface area contributed by atoms with E-state index in [4.69, 9.17) is 4.74 Å². The molecule has 1 aliphatic heterocycles. The number of aliphatic hydroxyl groups is 1. The SMILES string of the molecule is CCC1OCCC1C(O)c1ccc2c(c1)n(C)c(=O)n2C. The summed E-state index contributed by atoms with van der Waals surface area (Å²) < 4.78 is 8.92. The molecule has 21 heavy (non-hydrogen) atoms. The predicted octanol–water partition coefficient (Wildman–Crippen LogP) is 1.73. The molecule has 3 rings (SSSR count). The molecular weight excluding hydrogens is 268 g/mol. The monoisotopic (exact) mass is 290 g/mol. The molecule has 1 aliphatic rings. The average Bonchev–Trinajstić information content (AvgIpc) is 3.06. The van der Waals surface area contributed by atoms with Gasteiger partial charge in [0.1, 0.15) is 0 Å². The Morgan fingerprint density at radius 3 is 2.76 bits per heavy atom. The third-order valence-electron chi connectivity index (χ3n) is 4.71. The number of ether oxygens (including phenoxy) is 1. The number of imidazole rings is 1.